The average Bonchev–Trinajstić information content (AvgIpc) is 2.98. The van der Waals surface area contributed by atoms with Crippen LogP contribution in [0.1, 0.15) is 28.0 Å². The number of rotatable bonds is 2. The van der Waals surface area contributed by atoms with Gasteiger partial charge in [-0.1, -0.05) is 17.7 Å². The third kappa shape index (κ3) is 2.24. The molecule has 1 aromatic carbocycles. The van der Waals surface area contributed by atoms with Crippen LogP contribution in [0.3, 0.4) is 0 Å². The van der Waals surface area contributed by atoms with E-state index in [0.29, 0.717) is 15.6 Å². The van der Waals surface area contributed by atoms with Gasteiger partial charge in [0, 0.05) is 16.7 Å². The molecule has 1 aliphatic carbocycles. The van der Waals surface area contributed by atoms with Gasteiger partial charge in [0.15, 0.2) is 0 Å². The zero-order chi connectivity index (χ0) is 14.1. The highest BCUT2D eigenvalue weighted by molar-refractivity contribution is 7.16. The molecule has 2 nitrogen and oxygen atoms in total. The van der Waals surface area contributed by atoms with Crippen molar-refractivity contribution in [3.8, 4) is 6.07 Å². The van der Waals surface area contributed by atoms with Crippen LogP contribution in [0.5, 0.6) is 0 Å². The first-order chi connectivity index (χ1) is 9.70. The molecular weight excluding hydrogens is 295 g/mol. The maximum atomic E-state index is 13.7. The van der Waals surface area contributed by atoms with Gasteiger partial charge in [0.2, 0.25) is 0 Å². The summed E-state index contributed by atoms with van der Waals surface area (Å²) in [5, 5.41) is 10.2. The largest absolute Gasteiger partial charge is 0.244 e. The molecule has 0 saturated heterocycles. The quantitative estimate of drug-likeness (QED) is 0.744. The smallest absolute Gasteiger partial charge is 0.134 e. The fourth-order valence-electron chi connectivity index (χ4n) is 2.35. The summed E-state index contributed by atoms with van der Waals surface area (Å²) >= 11 is 7.47. The highest BCUT2D eigenvalue weighted by Gasteiger charge is 2.21. The maximum Gasteiger partial charge on any atom is 0.134 e. The topological polar surface area (TPSA) is 36.1 Å². The van der Waals surface area contributed by atoms with Gasteiger partial charge in [0.25, 0.3) is 0 Å². The van der Waals surface area contributed by atoms with Crippen molar-refractivity contribution in [1.29, 1.82) is 5.26 Å². The highest BCUT2D eigenvalue weighted by atomic mass is 35.5. The van der Waals surface area contributed by atoms with Gasteiger partial charge in [-0.3, -0.25) is 0 Å². The van der Waals surface area contributed by atoms with Gasteiger partial charge >= 0.3 is 0 Å². The van der Waals surface area contributed by atoms with Crippen LogP contribution < -0.4 is 0 Å². The lowest BCUT2D eigenvalue weighted by atomic mass is 10.1. The average molecular weight is 305 g/mol. The number of nitrogens with zero attached hydrogens (tertiary/aromatic N) is 2. The van der Waals surface area contributed by atoms with Gasteiger partial charge in [0.05, 0.1) is 10.6 Å². The van der Waals surface area contributed by atoms with Crippen molar-refractivity contribution in [3.05, 3.63) is 50.6 Å². The minimum absolute atomic E-state index is 0.256. The van der Waals surface area contributed by atoms with Crippen LogP contribution >= 0.6 is 22.9 Å². The molecule has 0 saturated carbocycles. The molecule has 0 spiro atoms. The molecule has 0 fully saturated rings. The Kier molecular flexibility index (Phi) is 3.56. The summed E-state index contributed by atoms with van der Waals surface area (Å²) in [6, 6.07) is 6.72. The van der Waals surface area contributed by atoms with Crippen molar-refractivity contribution in [2.24, 2.45) is 4.99 Å². The molecule has 0 atom stereocenters. The number of aryl methyl sites for hydroxylation is 1. The minimum atomic E-state index is -0.413. The van der Waals surface area contributed by atoms with E-state index in [4.69, 9.17) is 11.6 Å². The van der Waals surface area contributed by atoms with Crippen LogP contribution in [0.25, 0.3) is 0 Å². The van der Waals surface area contributed by atoms with E-state index in [1.807, 2.05) is 0 Å². The summed E-state index contributed by atoms with van der Waals surface area (Å²) in [5.41, 5.74) is 2.00. The normalized spacial score (nSPS) is 13.7. The Morgan fingerprint density at radius 3 is 3.00 bits per heavy atom. The molecule has 1 aromatic heterocycles. The number of halogens is 2. The van der Waals surface area contributed by atoms with Gasteiger partial charge in [-0.25, -0.2) is 9.38 Å². The Balaban J connectivity index is 2.00. The molecule has 1 heterocycles. The molecule has 2 aromatic rings. The Labute approximate surface area is 125 Å². The Morgan fingerprint density at radius 1 is 1.40 bits per heavy atom. The molecule has 0 bridgehead atoms. The number of nitriles is 1. The zero-order valence-corrected chi connectivity index (χ0v) is 12.1. The lowest BCUT2D eigenvalue weighted by molar-refractivity contribution is 0.626. The van der Waals surface area contributed by atoms with Gasteiger partial charge in [0.1, 0.15) is 16.9 Å². The molecule has 0 aliphatic heterocycles. The molecule has 20 heavy (non-hydrogen) atoms. The summed E-state index contributed by atoms with van der Waals surface area (Å²) in [6.07, 6.45) is 4.44. The highest BCUT2D eigenvalue weighted by Crippen LogP contribution is 2.40. The van der Waals surface area contributed by atoms with E-state index in [2.05, 4.69) is 11.1 Å². The van der Waals surface area contributed by atoms with Crippen molar-refractivity contribution in [2.45, 2.75) is 19.3 Å². The number of hydrogen-bond donors (Lipinski definition) is 0. The number of benzene rings is 1. The molecular formula is C15H10ClFN2S. The predicted octanol–water partition coefficient (Wildman–Crippen LogP) is 4.65. The Hall–Kier alpha value is -1.70. The van der Waals surface area contributed by atoms with Crippen LogP contribution in [0.2, 0.25) is 5.02 Å². The van der Waals surface area contributed by atoms with Crippen molar-refractivity contribution >= 4 is 34.2 Å². The summed E-state index contributed by atoms with van der Waals surface area (Å²) in [5.74, 6) is -0.413. The molecule has 0 N–H and O–H groups in total. The molecule has 0 amide bonds. The first-order valence-corrected chi connectivity index (χ1v) is 7.43. The number of fused-ring (bicyclic) bond motifs is 1. The van der Waals surface area contributed by atoms with Gasteiger partial charge in [-0.15, -0.1) is 11.3 Å². The summed E-state index contributed by atoms with van der Waals surface area (Å²) < 4.78 is 13.7. The Bertz CT molecular complexity index is 723. The first-order valence-electron chi connectivity index (χ1n) is 6.23. The van der Waals surface area contributed by atoms with Crippen LogP contribution in [-0.2, 0) is 12.8 Å². The number of hydrogen-bond acceptors (Lipinski definition) is 3. The molecule has 0 radical (unpaired) electrons. The molecule has 1 aliphatic rings. The van der Waals surface area contributed by atoms with Crippen molar-refractivity contribution < 1.29 is 4.39 Å². The maximum absolute atomic E-state index is 13.7. The third-order valence-corrected chi connectivity index (χ3v) is 4.85. The van der Waals surface area contributed by atoms with Crippen LogP contribution in [-0.4, -0.2) is 6.21 Å². The van der Waals surface area contributed by atoms with E-state index < -0.39 is 5.82 Å². The first kappa shape index (κ1) is 13.3. The van der Waals surface area contributed by atoms with Crippen LogP contribution in [0.15, 0.2) is 23.2 Å². The van der Waals surface area contributed by atoms with Crippen LogP contribution in [0, 0.1) is 17.1 Å². The van der Waals surface area contributed by atoms with E-state index in [1.54, 1.807) is 12.1 Å². The lowest BCUT2D eigenvalue weighted by Crippen LogP contribution is -1.89. The zero-order valence-electron chi connectivity index (χ0n) is 10.5. The van der Waals surface area contributed by atoms with E-state index in [0.717, 1.165) is 24.8 Å². The van der Waals surface area contributed by atoms with Gasteiger partial charge in [-0.05, 0) is 37.0 Å². The molecule has 0 unspecified atom stereocenters. The van der Waals surface area contributed by atoms with Gasteiger partial charge < -0.3 is 0 Å². The van der Waals surface area contributed by atoms with E-state index in [-0.39, 0.29) is 5.56 Å². The molecule has 3 rings (SSSR count). The monoisotopic (exact) mass is 304 g/mol. The summed E-state index contributed by atoms with van der Waals surface area (Å²) in [4.78, 5) is 5.51. The Morgan fingerprint density at radius 2 is 2.25 bits per heavy atom. The van der Waals surface area contributed by atoms with Crippen LogP contribution in [0.4, 0.5) is 9.39 Å². The van der Waals surface area contributed by atoms with Gasteiger partial charge in [-0.2, -0.15) is 5.26 Å². The minimum Gasteiger partial charge on any atom is -0.244 e. The predicted molar refractivity (Wildman–Crippen MR) is 79.7 cm³/mol. The van der Waals surface area contributed by atoms with E-state index >= 15 is 0 Å². The second-order valence-electron chi connectivity index (χ2n) is 4.54. The molecule has 100 valence electrons. The third-order valence-electron chi connectivity index (χ3n) is 3.33. The second-order valence-corrected chi connectivity index (χ2v) is 6.03. The SMILES string of the molecule is N#Cc1c(N=Cc2c(F)cccc2Cl)sc2c1CCC2. The number of thiophene rings is 1. The fraction of sp³-hybridized carbons (Fsp3) is 0.200. The van der Waals surface area contributed by atoms with Crippen molar-refractivity contribution in [1.82, 2.24) is 0 Å². The van der Waals surface area contributed by atoms with E-state index in [9.17, 15) is 9.65 Å². The van der Waals surface area contributed by atoms with Crippen molar-refractivity contribution in [3.63, 3.8) is 0 Å². The fourth-order valence-corrected chi connectivity index (χ4v) is 3.75. The molecule has 5 heteroatoms. The lowest BCUT2D eigenvalue weighted by Gasteiger charge is -1.98. The number of aliphatic imine (C=N–C) groups is 1. The standard InChI is InChI=1S/C15H10ClFN2S/c16-12-4-2-5-13(17)11(12)8-19-15-10(7-18)9-3-1-6-14(9)20-15/h2,4-5,8H,1,3,6H2. The second kappa shape index (κ2) is 5.35. The van der Waals surface area contributed by atoms with E-state index in [1.165, 1.54) is 28.5 Å². The summed E-state index contributed by atoms with van der Waals surface area (Å²) in [6.45, 7) is 0. The summed E-state index contributed by atoms with van der Waals surface area (Å²) in [7, 11) is 0. The van der Waals surface area contributed by atoms with Crippen molar-refractivity contribution in [2.75, 3.05) is 0 Å².